The predicted octanol–water partition coefficient (Wildman–Crippen LogP) is 3.12. The minimum atomic E-state index is -2.97. The average Bonchev–Trinajstić information content (AvgIpc) is 2.41. The third kappa shape index (κ3) is 3.61. The van der Waals surface area contributed by atoms with Gasteiger partial charge in [0.25, 0.3) is 0 Å². The van der Waals surface area contributed by atoms with E-state index in [1.165, 1.54) is 0 Å². The van der Waals surface area contributed by atoms with Gasteiger partial charge in [0, 0.05) is 23.9 Å². The lowest BCUT2D eigenvalue weighted by Crippen LogP contribution is -2.18. The highest BCUT2D eigenvalue weighted by Gasteiger charge is 2.10. The Kier molecular flexibility index (Phi) is 4.83. The first kappa shape index (κ1) is 15.1. The Bertz CT molecular complexity index is 701. The Balaban J connectivity index is 2.13. The smallest absolute Gasteiger partial charge is 0.152 e. The third-order valence-electron chi connectivity index (χ3n) is 2.96. The van der Waals surface area contributed by atoms with Crippen molar-refractivity contribution in [1.29, 1.82) is 0 Å². The maximum atomic E-state index is 11.7. The summed E-state index contributed by atoms with van der Waals surface area (Å²) in [5, 5.41) is 4.62. The molecule has 0 unspecified atom stereocenters. The normalized spacial score (nSPS) is 11.7. The summed E-state index contributed by atoms with van der Waals surface area (Å²) in [5.74, 6) is 0.353. The molecule has 0 aliphatic heterocycles. The van der Waals surface area contributed by atoms with E-state index in [2.05, 4.69) is 10.3 Å². The summed E-state index contributed by atoms with van der Waals surface area (Å²) in [6.45, 7) is 2.23. The quantitative estimate of drug-likeness (QED) is 0.890. The molecule has 20 heavy (non-hydrogen) atoms. The Morgan fingerprint density at radius 2 is 2.05 bits per heavy atom. The molecule has 0 radical (unpaired) electrons. The molecule has 0 saturated carbocycles. The fourth-order valence-corrected chi connectivity index (χ4v) is 3.49. The molecule has 0 fully saturated rings. The van der Waals surface area contributed by atoms with Crippen LogP contribution in [0.2, 0.25) is 5.02 Å². The number of fused-ring (bicyclic) bond motifs is 1. The van der Waals surface area contributed by atoms with E-state index in [1.807, 2.05) is 25.1 Å². The topological polar surface area (TPSA) is 59.1 Å². The van der Waals surface area contributed by atoms with Crippen molar-refractivity contribution >= 4 is 38.0 Å². The van der Waals surface area contributed by atoms with Crippen LogP contribution in [0.25, 0.3) is 10.9 Å². The monoisotopic (exact) mass is 312 g/mol. The van der Waals surface area contributed by atoms with Crippen LogP contribution in [-0.4, -0.2) is 31.5 Å². The predicted molar refractivity (Wildman–Crippen MR) is 84.2 cm³/mol. The molecular weight excluding hydrogens is 296 g/mol. The maximum absolute atomic E-state index is 11.7. The minimum Gasteiger partial charge on any atom is -0.382 e. The molecule has 0 atom stereocenters. The lowest BCUT2D eigenvalue weighted by Gasteiger charge is -2.10. The average molecular weight is 313 g/mol. The zero-order valence-electron chi connectivity index (χ0n) is 11.3. The van der Waals surface area contributed by atoms with Gasteiger partial charge in [0.15, 0.2) is 9.84 Å². The molecule has 0 saturated heterocycles. The van der Waals surface area contributed by atoms with Crippen LogP contribution in [0.3, 0.4) is 0 Å². The van der Waals surface area contributed by atoms with E-state index in [4.69, 9.17) is 11.6 Å². The summed E-state index contributed by atoms with van der Waals surface area (Å²) in [5.41, 5.74) is 1.56. The summed E-state index contributed by atoms with van der Waals surface area (Å²) < 4.78 is 23.3. The van der Waals surface area contributed by atoms with Gasteiger partial charge in [0.2, 0.25) is 0 Å². The van der Waals surface area contributed by atoms with Crippen molar-refractivity contribution in [2.75, 3.05) is 23.4 Å². The molecule has 0 aliphatic carbocycles. The van der Waals surface area contributed by atoms with Gasteiger partial charge in [-0.15, -0.1) is 0 Å². The molecule has 108 valence electrons. The number of benzene rings is 1. The van der Waals surface area contributed by atoms with Crippen LogP contribution < -0.4 is 5.32 Å². The largest absolute Gasteiger partial charge is 0.382 e. The van der Waals surface area contributed by atoms with Gasteiger partial charge in [-0.05, 0) is 30.7 Å². The van der Waals surface area contributed by atoms with Crippen LogP contribution in [0.1, 0.15) is 13.3 Å². The van der Waals surface area contributed by atoms with E-state index in [-0.39, 0.29) is 11.5 Å². The molecule has 4 nitrogen and oxygen atoms in total. The van der Waals surface area contributed by atoms with E-state index in [1.54, 1.807) is 12.3 Å². The molecule has 0 spiro atoms. The van der Waals surface area contributed by atoms with Crippen molar-refractivity contribution in [2.24, 2.45) is 0 Å². The van der Waals surface area contributed by atoms with Gasteiger partial charge in [-0.2, -0.15) is 0 Å². The molecule has 0 aliphatic rings. The molecule has 1 N–H and O–H groups in total. The van der Waals surface area contributed by atoms with Crippen molar-refractivity contribution in [1.82, 2.24) is 4.98 Å². The number of hydrogen-bond donors (Lipinski definition) is 1. The molecule has 6 heteroatoms. The summed E-state index contributed by atoms with van der Waals surface area (Å²) in [6.07, 6.45) is 2.34. The van der Waals surface area contributed by atoms with E-state index in [0.29, 0.717) is 18.0 Å². The number of sulfone groups is 1. The van der Waals surface area contributed by atoms with E-state index >= 15 is 0 Å². The number of hydrogen-bond acceptors (Lipinski definition) is 4. The number of anilines is 1. The summed E-state index contributed by atoms with van der Waals surface area (Å²) in [7, 11) is -2.97. The molecule has 1 heterocycles. The van der Waals surface area contributed by atoms with Crippen molar-refractivity contribution in [3.63, 3.8) is 0 Å². The van der Waals surface area contributed by atoms with Gasteiger partial charge >= 0.3 is 0 Å². The zero-order valence-corrected chi connectivity index (χ0v) is 12.8. The van der Waals surface area contributed by atoms with Crippen molar-refractivity contribution in [3.8, 4) is 0 Å². The summed E-state index contributed by atoms with van der Waals surface area (Å²) in [6, 6.07) is 7.33. The number of pyridine rings is 1. The third-order valence-corrected chi connectivity index (χ3v) is 5.15. The minimum absolute atomic E-state index is 0.123. The van der Waals surface area contributed by atoms with Crippen LogP contribution in [0, 0.1) is 0 Å². The van der Waals surface area contributed by atoms with Gasteiger partial charge < -0.3 is 5.32 Å². The molecular formula is C14H17ClN2O2S. The second-order valence-corrected chi connectivity index (χ2v) is 7.28. The van der Waals surface area contributed by atoms with Gasteiger partial charge in [-0.3, -0.25) is 4.98 Å². The van der Waals surface area contributed by atoms with Crippen molar-refractivity contribution in [2.45, 2.75) is 13.3 Å². The van der Waals surface area contributed by atoms with Gasteiger partial charge in [0.1, 0.15) is 0 Å². The fourth-order valence-electron chi connectivity index (χ4n) is 2.03. The lowest BCUT2D eigenvalue weighted by atomic mass is 10.2. The first-order valence-electron chi connectivity index (χ1n) is 6.51. The van der Waals surface area contributed by atoms with E-state index in [9.17, 15) is 8.42 Å². The Labute approximate surface area is 124 Å². The number of nitrogens with zero attached hydrogens (tertiary/aromatic N) is 1. The standard InChI is InChI=1S/C14H17ClN2O2S/c1-2-9-20(18,19)10-8-16-13-6-5-12(15)11-4-3-7-17-14(11)13/h3-7,16H,2,8-10H2,1H3. The molecule has 2 aromatic rings. The number of nitrogens with one attached hydrogen (secondary N) is 1. The SMILES string of the molecule is CCCS(=O)(=O)CCNc1ccc(Cl)c2cccnc12. The number of rotatable bonds is 6. The highest BCUT2D eigenvalue weighted by Crippen LogP contribution is 2.27. The van der Waals surface area contributed by atoms with Crippen LogP contribution in [0.15, 0.2) is 30.5 Å². The molecule has 0 bridgehead atoms. The highest BCUT2D eigenvalue weighted by molar-refractivity contribution is 7.91. The van der Waals surface area contributed by atoms with Crippen LogP contribution in [0.5, 0.6) is 0 Å². The molecule has 2 rings (SSSR count). The van der Waals surface area contributed by atoms with Crippen LogP contribution in [-0.2, 0) is 9.84 Å². The second kappa shape index (κ2) is 6.41. The van der Waals surface area contributed by atoms with E-state index in [0.717, 1.165) is 16.6 Å². The Morgan fingerprint density at radius 1 is 1.25 bits per heavy atom. The van der Waals surface area contributed by atoms with Gasteiger partial charge in [0.05, 0.1) is 22.0 Å². The number of halogens is 1. The summed E-state index contributed by atoms with van der Waals surface area (Å²) in [4.78, 5) is 4.30. The first-order chi connectivity index (χ1) is 9.53. The molecule has 1 aromatic carbocycles. The van der Waals surface area contributed by atoms with Crippen molar-refractivity contribution < 1.29 is 8.42 Å². The molecule has 1 aromatic heterocycles. The van der Waals surface area contributed by atoms with Gasteiger partial charge in [-0.1, -0.05) is 18.5 Å². The Hall–Kier alpha value is -1.33. The number of aromatic nitrogens is 1. The highest BCUT2D eigenvalue weighted by atomic mass is 35.5. The maximum Gasteiger partial charge on any atom is 0.152 e. The zero-order chi connectivity index (χ0) is 14.6. The fraction of sp³-hybridized carbons (Fsp3) is 0.357. The lowest BCUT2D eigenvalue weighted by molar-refractivity contribution is 0.595. The van der Waals surface area contributed by atoms with Gasteiger partial charge in [-0.25, -0.2) is 8.42 Å². The first-order valence-corrected chi connectivity index (χ1v) is 8.71. The second-order valence-electron chi connectivity index (χ2n) is 4.57. The Morgan fingerprint density at radius 3 is 2.80 bits per heavy atom. The van der Waals surface area contributed by atoms with Crippen LogP contribution in [0.4, 0.5) is 5.69 Å². The molecule has 0 amide bonds. The summed E-state index contributed by atoms with van der Waals surface area (Å²) >= 11 is 6.11. The van der Waals surface area contributed by atoms with Crippen LogP contribution >= 0.6 is 11.6 Å². The van der Waals surface area contributed by atoms with Crippen molar-refractivity contribution in [3.05, 3.63) is 35.5 Å². The van der Waals surface area contributed by atoms with E-state index < -0.39 is 9.84 Å².